The van der Waals surface area contributed by atoms with Gasteiger partial charge in [0.2, 0.25) is 0 Å². The van der Waals surface area contributed by atoms with E-state index in [4.69, 9.17) is 10.00 Å². The number of halogens is 1. The van der Waals surface area contributed by atoms with Gasteiger partial charge >= 0.3 is 5.97 Å². The van der Waals surface area contributed by atoms with Crippen LogP contribution in [-0.4, -0.2) is 52.5 Å². The van der Waals surface area contributed by atoms with Crippen molar-refractivity contribution in [3.63, 3.8) is 0 Å². The quantitative estimate of drug-likeness (QED) is 0.531. The maximum Gasteiger partial charge on any atom is 0.338 e. The molecule has 1 aromatic heterocycles. The smallest absolute Gasteiger partial charge is 0.338 e. The number of fused-ring (bicyclic) bond motifs is 1. The third kappa shape index (κ3) is 4.65. The first kappa shape index (κ1) is 23.0. The number of ketones is 1. The molecule has 1 aromatic carbocycles. The fraction of sp³-hybridized carbons (Fsp3) is 0.440. The minimum atomic E-state index is -1.19. The topological polar surface area (TPSA) is 104 Å². The zero-order chi connectivity index (χ0) is 23.7. The number of aromatic nitrogens is 1. The van der Waals surface area contributed by atoms with Crippen LogP contribution in [-0.2, 0) is 11.3 Å². The average molecular weight is 451 g/mol. The summed E-state index contributed by atoms with van der Waals surface area (Å²) in [6.07, 6.45) is -1.45. The van der Waals surface area contributed by atoms with Crippen molar-refractivity contribution in [2.75, 3.05) is 19.6 Å². The van der Waals surface area contributed by atoms with Gasteiger partial charge in [-0.05, 0) is 62.1 Å². The van der Waals surface area contributed by atoms with Crippen LogP contribution in [0.15, 0.2) is 24.3 Å². The van der Waals surface area contributed by atoms with Gasteiger partial charge in [-0.2, -0.15) is 5.26 Å². The second kappa shape index (κ2) is 9.38. The molecule has 1 N–H and O–H groups in total. The maximum atomic E-state index is 14.9. The molecule has 0 saturated carbocycles. The van der Waals surface area contributed by atoms with Gasteiger partial charge in [0.15, 0.2) is 5.78 Å². The zero-order valence-electron chi connectivity index (χ0n) is 18.7. The summed E-state index contributed by atoms with van der Waals surface area (Å²) in [6, 6.07) is 8.51. The van der Waals surface area contributed by atoms with E-state index < -0.39 is 18.2 Å². The largest absolute Gasteiger partial charge is 0.457 e. The highest BCUT2D eigenvalue weighted by atomic mass is 19.1. The number of aryl methyl sites for hydroxylation is 1. The predicted molar refractivity (Wildman–Crippen MR) is 117 cm³/mol. The number of β-amino-alcohol motifs (C(OH)–C–C–N with tert-alkyl or cyclic N) is 1. The van der Waals surface area contributed by atoms with E-state index in [1.807, 2.05) is 17.9 Å². The van der Waals surface area contributed by atoms with Crippen molar-refractivity contribution in [1.29, 1.82) is 5.26 Å². The Morgan fingerprint density at radius 1 is 1.36 bits per heavy atom. The first-order valence-corrected chi connectivity index (χ1v) is 11.0. The Bertz CT molecular complexity index is 1140. The lowest BCUT2D eigenvalue weighted by molar-refractivity contribution is 0.0411. The van der Waals surface area contributed by atoms with Gasteiger partial charge in [0.25, 0.3) is 0 Å². The summed E-state index contributed by atoms with van der Waals surface area (Å²) in [7, 11) is 0. The molecule has 3 atom stereocenters. The van der Waals surface area contributed by atoms with E-state index in [0.29, 0.717) is 35.3 Å². The number of ether oxygens (including phenoxy) is 1. The molecule has 4 rings (SSSR count). The molecule has 0 aliphatic carbocycles. The molecule has 8 heteroatoms. The Morgan fingerprint density at radius 2 is 2.15 bits per heavy atom. The number of alkyl halides is 1. The molecule has 2 aliphatic rings. The first-order chi connectivity index (χ1) is 15.8. The van der Waals surface area contributed by atoms with E-state index >= 15 is 0 Å². The molecule has 0 radical (unpaired) electrons. The summed E-state index contributed by atoms with van der Waals surface area (Å²) < 4.78 is 20.0. The van der Waals surface area contributed by atoms with Crippen molar-refractivity contribution < 1.29 is 23.8 Å². The molecule has 0 bridgehead atoms. The number of aliphatic hydroxyl groups excluding tert-OH is 1. The Labute approximate surface area is 191 Å². The lowest BCUT2D eigenvalue weighted by atomic mass is 9.88. The van der Waals surface area contributed by atoms with Crippen molar-refractivity contribution in [3.8, 4) is 6.07 Å². The number of aliphatic hydroxyl groups is 1. The number of pyridine rings is 1. The number of nitriles is 1. The average Bonchev–Trinajstić information content (AvgIpc) is 3.17. The zero-order valence-corrected chi connectivity index (χ0v) is 18.7. The van der Waals surface area contributed by atoms with Crippen LogP contribution < -0.4 is 0 Å². The molecule has 7 nitrogen and oxygen atoms in total. The summed E-state index contributed by atoms with van der Waals surface area (Å²) >= 11 is 0. The highest BCUT2D eigenvalue weighted by Crippen LogP contribution is 2.31. The number of nitrogens with zero attached hydrogens (tertiary/aromatic N) is 3. The number of hydrogen-bond donors (Lipinski definition) is 1. The van der Waals surface area contributed by atoms with E-state index in [1.165, 1.54) is 6.07 Å². The third-order valence-electron chi connectivity index (χ3n) is 6.70. The van der Waals surface area contributed by atoms with Crippen LogP contribution in [0.3, 0.4) is 0 Å². The Balaban J connectivity index is 1.35. The monoisotopic (exact) mass is 451 g/mol. The van der Waals surface area contributed by atoms with Crippen molar-refractivity contribution >= 4 is 11.8 Å². The summed E-state index contributed by atoms with van der Waals surface area (Å²) in [5, 5.41) is 19.8. The molecule has 1 fully saturated rings. The number of benzene rings is 1. The Morgan fingerprint density at radius 3 is 2.85 bits per heavy atom. The standard InChI is InChI=1S/C25H26FN3O4/c1-14-18(4-5-19-20(14)13-33-25(19)32)24(31)12-29-8-7-16(21(26)11-29)9-23(30)22-6-3-17(10-27)15(2)28-22/h3-6,16,21,24,31H,7-9,11-13H2,1-2H3/t16-,21-,24+/m1/s1. The fourth-order valence-electron chi connectivity index (χ4n) is 4.66. The van der Waals surface area contributed by atoms with Gasteiger partial charge in [-0.15, -0.1) is 0 Å². The summed E-state index contributed by atoms with van der Waals surface area (Å²) in [4.78, 5) is 30.4. The molecule has 0 amide bonds. The van der Waals surface area contributed by atoms with Crippen LogP contribution in [0.25, 0.3) is 0 Å². The Kier molecular flexibility index (Phi) is 6.54. The summed E-state index contributed by atoms with van der Waals surface area (Å²) in [5.41, 5.74) is 4.02. The van der Waals surface area contributed by atoms with Crippen LogP contribution >= 0.6 is 0 Å². The van der Waals surface area contributed by atoms with Gasteiger partial charge < -0.3 is 9.84 Å². The maximum absolute atomic E-state index is 14.9. The molecule has 2 aliphatic heterocycles. The molecule has 1 saturated heterocycles. The van der Waals surface area contributed by atoms with E-state index in [1.54, 1.807) is 25.1 Å². The molecular weight excluding hydrogens is 425 g/mol. The summed E-state index contributed by atoms with van der Waals surface area (Å²) in [6.45, 7) is 4.71. The van der Waals surface area contributed by atoms with Crippen molar-refractivity contribution in [3.05, 3.63) is 63.5 Å². The van der Waals surface area contributed by atoms with Gasteiger partial charge in [-0.1, -0.05) is 6.07 Å². The molecule has 0 unspecified atom stereocenters. The normalized spacial score (nSPS) is 21.2. The van der Waals surface area contributed by atoms with Crippen LogP contribution in [0.5, 0.6) is 0 Å². The molecule has 2 aromatic rings. The van der Waals surface area contributed by atoms with Crippen LogP contribution in [0.2, 0.25) is 0 Å². The lowest BCUT2D eigenvalue weighted by Crippen LogP contribution is -2.44. The second-order valence-electron chi connectivity index (χ2n) is 8.79. The van der Waals surface area contributed by atoms with Crippen molar-refractivity contribution in [1.82, 2.24) is 9.88 Å². The lowest BCUT2D eigenvalue weighted by Gasteiger charge is -2.35. The third-order valence-corrected chi connectivity index (χ3v) is 6.70. The van der Waals surface area contributed by atoms with Crippen LogP contribution in [0.4, 0.5) is 4.39 Å². The summed E-state index contributed by atoms with van der Waals surface area (Å²) in [5.74, 6) is -0.986. The molecule has 172 valence electrons. The number of likely N-dealkylation sites (tertiary alicyclic amines) is 1. The van der Waals surface area contributed by atoms with E-state index in [0.717, 1.165) is 11.1 Å². The van der Waals surface area contributed by atoms with Gasteiger partial charge in [0, 0.05) is 25.1 Å². The number of cyclic esters (lactones) is 1. The molecule has 0 spiro atoms. The van der Waals surface area contributed by atoms with Crippen molar-refractivity contribution in [2.45, 2.75) is 45.6 Å². The minimum Gasteiger partial charge on any atom is -0.457 e. The molecule has 33 heavy (non-hydrogen) atoms. The predicted octanol–water partition coefficient (Wildman–Crippen LogP) is 3.21. The van der Waals surface area contributed by atoms with Gasteiger partial charge in [-0.3, -0.25) is 9.69 Å². The fourth-order valence-corrected chi connectivity index (χ4v) is 4.66. The number of esters is 1. The van der Waals surface area contributed by atoms with E-state index in [2.05, 4.69) is 4.98 Å². The number of carbonyl (C=O) groups is 2. The second-order valence-corrected chi connectivity index (χ2v) is 8.79. The number of piperidine rings is 1. The number of hydrogen-bond acceptors (Lipinski definition) is 7. The van der Waals surface area contributed by atoms with Gasteiger partial charge in [0.1, 0.15) is 24.5 Å². The SMILES string of the molecule is Cc1nc(C(=O)C[C@H]2CCN(C[C@H](O)c3ccc4c(c3C)COC4=O)C[C@H]2F)ccc1C#N. The number of carbonyl (C=O) groups excluding carboxylic acids is 2. The van der Waals surface area contributed by atoms with E-state index in [-0.39, 0.29) is 43.6 Å². The van der Waals surface area contributed by atoms with Crippen LogP contribution in [0.1, 0.15) is 67.7 Å². The Hall–Kier alpha value is -3.15. The number of Topliss-reactive ketones (excluding diaryl/α,β-unsaturated/α-hetero) is 1. The van der Waals surface area contributed by atoms with Crippen LogP contribution in [0, 0.1) is 31.1 Å². The number of rotatable bonds is 6. The molecule has 3 heterocycles. The van der Waals surface area contributed by atoms with E-state index in [9.17, 15) is 19.1 Å². The van der Waals surface area contributed by atoms with Crippen molar-refractivity contribution in [2.24, 2.45) is 5.92 Å². The minimum absolute atomic E-state index is 0.0634. The highest BCUT2D eigenvalue weighted by Gasteiger charge is 2.33. The van der Waals surface area contributed by atoms with Gasteiger partial charge in [0.05, 0.1) is 22.9 Å². The molecular formula is C25H26FN3O4. The first-order valence-electron chi connectivity index (χ1n) is 11.0. The highest BCUT2D eigenvalue weighted by molar-refractivity contribution is 5.94. The van der Waals surface area contributed by atoms with Gasteiger partial charge in [-0.25, -0.2) is 14.2 Å².